The highest BCUT2D eigenvalue weighted by molar-refractivity contribution is 5.79. The Morgan fingerprint density at radius 1 is 1.11 bits per heavy atom. The van der Waals surface area contributed by atoms with Gasteiger partial charge in [-0.15, -0.1) is 0 Å². The minimum Gasteiger partial charge on any atom is -0.478 e. The molecule has 5 N–H and O–H groups in total. The molecule has 112 valence electrons. The Morgan fingerprint density at radius 3 is 1.32 bits per heavy atom. The number of carboxylic acids is 2. The van der Waals surface area contributed by atoms with Gasteiger partial charge in [0.05, 0.1) is 19.3 Å². The van der Waals surface area contributed by atoms with Crippen molar-refractivity contribution in [3.63, 3.8) is 0 Å². The SMILES string of the molecule is C=CC(=O)O.C=CC(=O)O.CC(O)C(C)(CO)CO. The third-order valence-corrected chi connectivity index (χ3v) is 2.08. The van der Waals surface area contributed by atoms with Crippen LogP contribution in [-0.2, 0) is 9.59 Å². The molecular weight excluding hydrogens is 256 g/mol. The van der Waals surface area contributed by atoms with E-state index in [1.807, 2.05) is 0 Å². The van der Waals surface area contributed by atoms with Crippen molar-refractivity contribution in [3.8, 4) is 0 Å². The van der Waals surface area contributed by atoms with Crippen LogP contribution < -0.4 is 0 Å². The molecule has 0 aliphatic heterocycles. The highest BCUT2D eigenvalue weighted by Gasteiger charge is 2.27. The van der Waals surface area contributed by atoms with Gasteiger partial charge in [-0.2, -0.15) is 0 Å². The van der Waals surface area contributed by atoms with E-state index in [2.05, 4.69) is 13.2 Å². The van der Waals surface area contributed by atoms with Gasteiger partial charge in [0.15, 0.2) is 0 Å². The van der Waals surface area contributed by atoms with Gasteiger partial charge in [-0.25, -0.2) is 9.59 Å². The Morgan fingerprint density at radius 2 is 1.32 bits per heavy atom. The van der Waals surface area contributed by atoms with E-state index in [-0.39, 0.29) is 13.2 Å². The molecule has 0 fully saturated rings. The van der Waals surface area contributed by atoms with Crippen LogP contribution in [0.1, 0.15) is 13.8 Å². The molecule has 0 amide bonds. The average Bonchev–Trinajstić information content (AvgIpc) is 2.38. The van der Waals surface area contributed by atoms with Crippen LogP contribution in [0.4, 0.5) is 0 Å². The number of aliphatic hydroxyl groups is 3. The van der Waals surface area contributed by atoms with Crippen molar-refractivity contribution < 1.29 is 35.1 Å². The maximum absolute atomic E-state index is 9.25. The summed E-state index contributed by atoms with van der Waals surface area (Å²) in [6.07, 6.45) is 0.993. The van der Waals surface area contributed by atoms with Crippen LogP contribution in [0.15, 0.2) is 25.3 Å². The molecule has 0 spiro atoms. The summed E-state index contributed by atoms with van der Waals surface area (Å²) >= 11 is 0. The predicted octanol–water partition coefficient (Wildman–Crippen LogP) is -0.128. The first-order valence-corrected chi connectivity index (χ1v) is 5.21. The first-order valence-electron chi connectivity index (χ1n) is 5.21. The summed E-state index contributed by atoms with van der Waals surface area (Å²) in [5.74, 6) is -1.96. The summed E-state index contributed by atoms with van der Waals surface area (Å²) in [7, 11) is 0. The van der Waals surface area contributed by atoms with Gasteiger partial charge >= 0.3 is 11.9 Å². The molecule has 0 radical (unpaired) electrons. The number of carboxylic acid groups (broad SMARTS) is 2. The summed E-state index contributed by atoms with van der Waals surface area (Å²) < 4.78 is 0. The Hall–Kier alpha value is -1.70. The number of hydrogen-bond donors (Lipinski definition) is 5. The fraction of sp³-hybridized carbons (Fsp3) is 0.500. The lowest BCUT2D eigenvalue weighted by atomic mass is 9.87. The fourth-order valence-electron chi connectivity index (χ4n) is 0.314. The van der Waals surface area contributed by atoms with Gasteiger partial charge in [0.25, 0.3) is 0 Å². The fourth-order valence-corrected chi connectivity index (χ4v) is 0.314. The van der Waals surface area contributed by atoms with Crippen LogP contribution in [0.5, 0.6) is 0 Å². The van der Waals surface area contributed by atoms with Gasteiger partial charge in [-0.05, 0) is 6.92 Å². The first kappa shape index (κ1) is 22.5. The molecule has 0 saturated carbocycles. The van der Waals surface area contributed by atoms with Crippen LogP contribution in [-0.4, -0.2) is 56.8 Å². The van der Waals surface area contributed by atoms with Gasteiger partial charge < -0.3 is 25.5 Å². The monoisotopic (exact) mass is 278 g/mol. The highest BCUT2D eigenvalue weighted by Crippen LogP contribution is 2.18. The molecule has 0 aromatic carbocycles. The average molecular weight is 278 g/mol. The molecule has 0 aliphatic rings. The minimum absolute atomic E-state index is 0.193. The molecule has 1 unspecified atom stereocenters. The highest BCUT2D eigenvalue weighted by atomic mass is 16.4. The molecule has 0 aliphatic carbocycles. The zero-order chi connectivity index (χ0) is 16.1. The maximum atomic E-state index is 9.25. The summed E-state index contributed by atoms with van der Waals surface area (Å²) in [5, 5.41) is 41.4. The van der Waals surface area contributed by atoms with Crippen LogP contribution in [0, 0.1) is 5.41 Å². The van der Waals surface area contributed by atoms with Crippen LogP contribution in [0.3, 0.4) is 0 Å². The molecule has 0 aromatic rings. The third-order valence-electron chi connectivity index (χ3n) is 2.08. The molecule has 7 heteroatoms. The molecule has 0 saturated heterocycles. The lowest BCUT2D eigenvalue weighted by molar-refractivity contribution is -0.132. The van der Waals surface area contributed by atoms with Crippen molar-refractivity contribution in [1.29, 1.82) is 0 Å². The van der Waals surface area contributed by atoms with Crippen molar-refractivity contribution in [3.05, 3.63) is 25.3 Å². The largest absolute Gasteiger partial charge is 0.478 e. The quantitative estimate of drug-likeness (QED) is 0.442. The van der Waals surface area contributed by atoms with E-state index < -0.39 is 23.5 Å². The molecule has 7 nitrogen and oxygen atoms in total. The van der Waals surface area contributed by atoms with Gasteiger partial charge in [-0.3, -0.25) is 0 Å². The van der Waals surface area contributed by atoms with Gasteiger partial charge in [-0.1, -0.05) is 20.1 Å². The molecule has 0 aromatic heterocycles. The zero-order valence-corrected chi connectivity index (χ0v) is 11.1. The first-order chi connectivity index (χ1) is 8.60. The van der Waals surface area contributed by atoms with Crippen molar-refractivity contribution in [1.82, 2.24) is 0 Å². The number of rotatable bonds is 5. The molecule has 0 heterocycles. The van der Waals surface area contributed by atoms with Gasteiger partial charge in [0, 0.05) is 17.6 Å². The Bertz CT molecular complexity index is 262. The van der Waals surface area contributed by atoms with Crippen LogP contribution in [0.2, 0.25) is 0 Å². The molecule has 19 heavy (non-hydrogen) atoms. The second-order valence-corrected chi connectivity index (χ2v) is 3.73. The van der Waals surface area contributed by atoms with Gasteiger partial charge in [0.1, 0.15) is 0 Å². The summed E-state index contributed by atoms with van der Waals surface area (Å²) in [4.78, 5) is 18.5. The molecule has 1 atom stereocenters. The Balaban J connectivity index is -0.000000219. The topological polar surface area (TPSA) is 135 Å². The number of aliphatic hydroxyl groups excluding tert-OH is 3. The molecule has 0 bridgehead atoms. The molecular formula is C12H22O7. The smallest absolute Gasteiger partial charge is 0.327 e. The van der Waals surface area contributed by atoms with Crippen molar-refractivity contribution >= 4 is 11.9 Å². The zero-order valence-electron chi connectivity index (χ0n) is 11.1. The number of aliphatic carboxylic acids is 2. The Labute approximate surface area is 112 Å². The lowest BCUT2D eigenvalue weighted by Crippen LogP contribution is -2.37. The summed E-state index contributed by atoms with van der Waals surface area (Å²) in [6.45, 7) is 8.71. The van der Waals surface area contributed by atoms with Crippen molar-refractivity contribution in [2.75, 3.05) is 13.2 Å². The van der Waals surface area contributed by atoms with Crippen molar-refractivity contribution in [2.24, 2.45) is 5.41 Å². The van der Waals surface area contributed by atoms with E-state index in [0.717, 1.165) is 12.2 Å². The third kappa shape index (κ3) is 16.3. The van der Waals surface area contributed by atoms with Crippen molar-refractivity contribution in [2.45, 2.75) is 20.0 Å². The van der Waals surface area contributed by atoms with E-state index in [1.54, 1.807) is 13.8 Å². The van der Waals surface area contributed by atoms with Crippen LogP contribution >= 0.6 is 0 Å². The normalized spacial score (nSPS) is 10.8. The standard InChI is InChI=1S/C6H14O3.2C3H4O2/c1-5(9)6(2,3-7)4-8;2*1-2-3(4)5/h5,7-9H,3-4H2,1-2H3;2*2H,1H2,(H,4,5). The maximum Gasteiger partial charge on any atom is 0.327 e. The molecule has 0 rings (SSSR count). The van der Waals surface area contributed by atoms with Crippen LogP contribution in [0.25, 0.3) is 0 Å². The number of carbonyl (C=O) groups is 2. The van der Waals surface area contributed by atoms with E-state index in [1.165, 1.54) is 0 Å². The Kier molecular flexibility index (Phi) is 15.1. The minimum atomic E-state index is -0.981. The van der Waals surface area contributed by atoms with E-state index in [0.29, 0.717) is 0 Å². The summed E-state index contributed by atoms with van der Waals surface area (Å²) in [5.41, 5.74) is -0.750. The van der Waals surface area contributed by atoms with Gasteiger partial charge in [0.2, 0.25) is 0 Å². The predicted molar refractivity (Wildman–Crippen MR) is 69.6 cm³/mol. The lowest BCUT2D eigenvalue weighted by Gasteiger charge is -2.27. The second kappa shape index (κ2) is 12.7. The van der Waals surface area contributed by atoms with E-state index in [9.17, 15) is 9.59 Å². The second-order valence-electron chi connectivity index (χ2n) is 3.73. The van der Waals surface area contributed by atoms with E-state index in [4.69, 9.17) is 25.5 Å². The number of hydrogen-bond acceptors (Lipinski definition) is 5. The van der Waals surface area contributed by atoms with E-state index >= 15 is 0 Å². The summed E-state index contributed by atoms with van der Waals surface area (Å²) in [6, 6.07) is 0.